The van der Waals surface area contributed by atoms with Crippen LogP contribution < -0.4 is 10.6 Å². The zero-order valence-corrected chi connectivity index (χ0v) is 16.7. The number of aryl methyl sites for hydroxylation is 1. The molecule has 4 rings (SSSR count). The third kappa shape index (κ3) is 4.17. The molecule has 6 nitrogen and oxygen atoms in total. The highest BCUT2D eigenvalue weighted by Crippen LogP contribution is 2.37. The van der Waals surface area contributed by atoms with Crippen molar-refractivity contribution in [2.75, 3.05) is 19.0 Å². The van der Waals surface area contributed by atoms with Gasteiger partial charge in [-0.05, 0) is 44.0 Å². The van der Waals surface area contributed by atoms with E-state index >= 15 is 0 Å². The Bertz CT molecular complexity index is 966. The number of imidazole rings is 1. The van der Waals surface area contributed by atoms with Crippen LogP contribution in [0, 0.1) is 6.92 Å². The molecule has 2 heterocycles. The molecular weight excluding hydrogens is 364 g/mol. The average Bonchev–Trinajstić information content (AvgIpc) is 3.16. The van der Waals surface area contributed by atoms with E-state index in [-0.39, 0.29) is 6.04 Å². The molecule has 3 aromatic rings. The largest absolute Gasteiger partial charge is 0.453 e. The fourth-order valence-corrected chi connectivity index (χ4v) is 4.03. The highest BCUT2D eigenvalue weighted by Gasteiger charge is 2.30. The smallest absolute Gasteiger partial charge is 0.411 e. The molecule has 2 aromatic carbocycles. The van der Waals surface area contributed by atoms with Crippen molar-refractivity contribution < 1.29 is 9.53 Å². The summed E-state index contributed by atoms with van der Waals surface area (Å²) in [6.07, 6.45) is 1.83. The molecular formula is C23H26N4O2. The molecule has 0 saturated carbocycles. The number of carbonyl (C=O) groups is 1. The van der Waals surface area contributed by atoms with Gasteiger partial charge < -0.3 is 15.0 Å². The highest BCUT2D eigenvalue weighted by atomic mass is 16.5. The van der Waals surface area contributed by atoms with E-state index in [2.05, 4.69) is 50.7 Å². The zero-order chi connectivity index (χ0) is 20.2. The van der Waals surface area contributed by atoms with E-state index in [1.54, 1.807) is 0 Å². The van der Waals surface area contributed by atoms with Gasteiger partial charge >= 0.3 is 6.09 Å². The maximum atomic E-state index is 11.4. The summed E-state index contributed by atoms with van der Waals surface area (Å²) in [5, 5.41) is 6.32. The van der Waals surface area contributed by atoms with Gasteiger partial charge in [0.1, 0.15) is 5.82 Å². The second-order valence-corrected chi connectivity index (χ2v) is 7.38. The fourth-order valence-electron chi connectivity index (χ4n) is 4.03. The summed E-state index contributed by atoms with van der Waals surface area (Å²) >= 11 is 0. The lowest BCUT2D eigenvalue weighted by Gasteiger charge is -2.31. The van der Waals surface area contributed by atoms with Crippen molar-refractivity contribution >= 4 is 11.8 Å². The molecule has 3 N–H and O–H groups in total. The maximum Gasteiger partial charge on any atom is 0.411 e. The van der Waals surface area contributed by atoms with E-state index in [1.165, 1.54) is 12.7 Å². The molecule has 29 heavy (non-hydrogen) atoms. The molecule has 1 aliphatic rings. The van der Waals surface area contributed by atoms with Gasteiger partial charge in [-0.25, -0.2) is 9.78 Å². The van der Waals surface area contributed by atoms with Crippen molar-refractivity contribution in [3.8, 4) is 11.3 Å². The second kappa shape index (κ2) is 8.49. The second-order valence-electron chi connectivity index (χ2n) is 7.38. The maximum absolute atomic E-state index is 11.4. The number of anilines is 1. The lowest BCUT2D eigenvalue weighted by molar-refractivity contribution is 0.187. The van der Waals surface area contributed by atoms with Gasteiger partial charge in [0.05, 0.1) is 18.8 Å². The minimum Gasteiger partial charge on any atom is -0.453 e. The van der Waals surface area contributed by atoms with Crippen molar-refractivity contribution in [3.05, 3.63) is 71.7 Å². The minimum atomic E-state index is -0.480. The third-order valence-corrected chi connectivity index (χ3v) is 5.47. The third-order valence-electron chi connectivity index (χ3n) is 5.47. The number of nitrogens with one attached hydrogen (secondary N) is 3. The molecule has 1 amide bonds. The molecule has 2 atom stereocenters. The van der Waals surface area contributed by atoms with Crippen LogP contribution in [0.25, 0.3) is 11.3 Å². The summed E-state index contributed by atoms with van der Waals surface area (Å²) < 4.78 is 4.63. The number of methoxy groups -OCH3 is 1. The van der Waals surface area contributed by atoms with Gasteiger partial charge in [-0.15, -0.1) is 0 Å². The van der Waals surface area contributed by atoms with Crippen LogP contribution in [0.4, 0.5) is 10.5 Å². The van der Waals surface area contributed by atoms with Gasteiger partial charge in [0.15, 0.2) is 0 Å². The SMILES string of the molecule is COC(=O)Nc1ccc(-c2nc(C3NCCCC3c3ccccc3)[nH]c2C)cc1. The van der Waals surface area contributed by atoms with Crippen LogP contribution in [0.1, 0.15) is 41.9 Å². The molecule has 2 unspecified atom stereocenters. The highest BCUT2D eigenvalue weighted by molar-refractivity contribution is 5.84. The van der Waals surface area contributed by atoms with E-state index in [0.29, 0.717) is 11.6 Å². The predicted octanol–water partition coefficient (Wildman–Crippen LogP) is 4.77. The molecule has 0 bridgehead atoms. The average molecular weight is 390 g/mol. The molecule has 1 aromatic heterocycles. The number of nitrogens with zero attached hydrogens (tertiary/aromatic N) is 1. The lowest BCUT2D eigenvalue weighted by atomic mass is 9.84. The summed E-state index contributed by atoms with van der Waals surface area (Å²) in [5.41, 5.74) is 5.01. The first-order chi connectivity index (χ1) is 14.2. The number of hydrogen-bond acceptors (Lipinski definition) is 4. The number of hydrogen-bond donors (Lipinski definition) is 3. The monoisotopic (exact) mass is 390 g/mol. The summed E-state index contributed by atoms with van der Waals surface area (Å²) in [6.45, 7) is 3.05. The normalized spacial score (nSPS) is 19.0. The van der Waals surface area contributed by atoms with Gasteiger partial charge in [0, 0.05) is 22.9 Å². The standard InChI is InChI=1S/C23H26N4O2/c1-15-20(17-10-12-18(13-11-17)26-23(28)29-2)27-22(25-15)21-19(9-6-14-24-21)16-7-4-3-5-8-16/h3-5,7-8,10-13,19,21,24H,6,9,14H2,1-2H3,(H,25,27)(H,26,28). The molecule has 0 spiro atoms. The molecule has 6 heteroatoms. The van der Waals surface area contributed by atoms with Crippen molar-refractivity contribution in [1.82, 2.24) is 15.3 Å². The molecule has 0 aliphatic carbocycles. The van der Waals surface area contributed by atoms with Gasteiger partial charge in [0.2, 0.25) is 0 Å². The zero-order valence-electron chi connectivity index (χ0n) is 16.7. The number of benzene rings is 2. The van der Waals surface area contributed by atoms with Crippen LogP contribution in [0.5, 0.6) is 0 Å². The summed E-state index contributed by atoms with van der Waals surface area (Å²) in [5.74, 6) is 1.37. The van der Waals surface area contributed by atoms with E-state index in [1.807, 2.05) is 31.2 Å². The number of amides is 1. The van der Waals surface area contributed by atoms with Gasteiger partial charge in [0.25, 0.3) is 0 Å². The first kappa shape index (κ1) is 19.2. The number of H-pyrrole nitrogens is 1. The van der Waals surface area contributed by atoms with Crippen LogP contribution in [0.3, 0.4) is 0 Å². The van der Waals surface area contributed by atoms with Crippen molar-refractivity contribution in [1.29, 1.82) is 0 Å². The summed E-state index contributed by atoms with van der Waals surface area (Å²) in [7, 11) is 1.35. The Kier molecular flexibility index (Phi) is 5.62. The Hall–Kier alpha value is -3.12. The van der Waals surface area contributed by atoms with Gasteiger partial charge in [-0.1, -0.05) is 42.5 Å². The minimum absolute atomic E-state index is 0.166. The Balaban J connectivity index is 1.59. The topological polar surface area (TPSA) is 79.0 Å². The van der Waals surface area contributed by atoms with E-state index in [0.717, 1.165) is 42.2 Å². The number of aromatic amines is 1. The molecule has 1 aliphatic heterocycles. The number of piperidine rings is 1. The van der Waals surface area contributed by atoms with E-state index in [9.17, 15) is 4.79 Å². The molecule has 1 fully saturated rings. The molecule has 150 valence electrons. The van der Waals surface area contributed by atoms with E-state index in [4.69, 9.17) is 4.98 Å². The van der Waals surface area contributed by atoms with Crippen LogP contribution >= 0.6 is 0 Å². The summed E-state index contributed by atoms with van der Waals surface area (Å²) in [6, 6.07) is 18.5. The van der Waals surface area contributed by atoms with Crippen molar-refractivity contribution in [3.63, 3.8) is 0 Å². The number of aromatic nitrogens is 2. The Morgan fingerprint density at radius 1 is 1.14 bits per heavy atom. The van der Waals surface area contributed by atoms with Crippen LogP contribution in [0.15, 0.2) is 54.6 Å². The molecule has 1 saturated heterocycles. The van der Waals surface area contributed by atoms with Crippen molar-refractivity contribution in [2.45, 2.75) is 31.7 Å². The summed E-state index contributed by atoms with van der Waals surface area (Å²) in [4.78, 5) is 19.8. The van der Waals surface area contributed by atoms with Gasteiger partial charge in [-0.2, -0.15) is 0 Å². The van der Waals surface area contributed by atoms with Crippen LogP contribution in [-0.2, 0) is 4.74 Å². The predicted molar refractivity (Wildman–Crippen MR) is 114 cm³/mol. The first-order valence-electron chi connectivity index (χ1n) is 9.96. The van der Waals surface area contributed by atoms with Crippen LogP contribution in [0.2, 0.25) is 0 Å². The Morgan fingerprint density at radius 2 is 1.90 bits per heavy atom. The van der Waals surface area contributed by atoms with Crippen molar-refractivity contribution in [2.24, 2.45) is 0 Å². The number of carbonyl (C=O) groups excluding carboxylic acids is 1. The lowest BCUT2D eigenvalue weighted by Crippen LogP contribution is -2.33. The van der Waals surface area contributed by atoms with E-state index < -0.39 is 6.09 Å². The number of ether oxygens (including phenoxy) is 1. The number of rotatable bonds is 4. The quantitative estimate of drug-likeness (QED) is 0.599. The first-order valence-corrected chi connectivity index (χ1v) is 9.96. The van der Waals surface area contributed by atoms with Gasteiger partial charge in [-0.3, -0.25) is 5.32 Å². The fraction of sp³-hybridized carbons (Fsp3) is 0.304. The Labute approximate surface area is 170 Å². The van der Waals surface area contributed by atoms with Crippen LogP contribution in [-0.4, -0.2) is 29.7 Å². The Morgan fingerprint density at radius 3 is 2.62 bits per heavy atom. The molecule has 0 radical (unpaired) electrons.